The van der Waals surface area contributed by atoms with Crippen molar-refractivity contribution in [1.29, 1.82) is 5.26 Å². The van der Waals surface area contributed by atoms with Crippen molar-refractivity contribution in [3.63, 3.8) is 0 Å². The van der Waals surface area contributed by atoms with Gasteiger partial charge in [-0.05, 0) is 48.7 Å². The fourth-order valence-electron chi connectivity index (χ4n) is 4.12. The molecular formula is C25H26N6O2. The Kier molecular flexibility index (Phi) is 6.43. The number of nitrogen functional groups attached to an aromatic ring is 1. The van der Waals surface area contributed by atoms with Gasteiger partial charge < -0.3 is 26.8 Å². The molecule has 1 saturated heterocycles. The maximum absolute atomic E-state index is 12.4. The number of para-hydroxylation sites is 1. The minimum Gasteiger partial charge on any atom is -0.507 e. The summed E-state index contributed by atoms with van der Waals surface area (Å²) in [4.78, 5) is 18.9. The van der Waals surface area contributed by atoms with E-state index in [-0.39, 0.29) is 36.0 Å². The number of amides is 1. The second-order valence-corrected chi connectivity index (χ2v) is 7.96. The lowest BCUT2D eigenvalue weighted by Crippen LogP contribution is -2.22. The summed E-state index contributed by atoms with van der Waals surface area (Å²) in [6, 6.07) is 16.4. The van der Waals surface area contributed by atoms with Crippen LogP contribution in [0.25, 0.3) is 22.4 Å². The number of carbonyl (C=O) groups excluding carboxylic acids is 1. The minimum atomic E-state index is -0.167. The molecule has 0 saturated carbocycles. The molecule has 8 heteroatoms. The van der Waals surface area contributed by atoms with Crippen LogP contribution in [0.3, 0.4) is 0 Å². The van der Waals surface area contributed by atoms with Crippen molar-refractivity contribution >= 4 is 23.1 Å². The molecule has 1 aromatic heterocycles. The van der Waals surface area contributed by atoms with Crippen LogP contribution in [0.4, 0.5) is 17.2 Å². The number of nitrogens with one attached hydrogen (secondary N) is 1. The molecule has 1 aliphatic rings. The van der Waals surface area contributed by atoms with Gasteiger partial charge in [-0.1, -0.05) is 18.2 Å². The number of benzene rings is 2. The zero-order chi connectivity index (χ0) is 23.4. The van der Waals surface area contributed by atoms with Crippen molar-refractivity contribution in [3.05, 3.63) is 54.1 Å². The van der Waals surface area contributed by atoms with Gasteiger partial charge in [0.2, 0.25) is 5.91 Å². The Balaban J connectivity index is 1.84. The highest BCUT2D eigenvalue weighted by Crippen LogP contribution is 2.38. The van der Waals surface area contributed by atoms with E-state index < -0.39 is 0 Å². The molecule has 33 heavy (non-hydrogen) atoms. The summed E-state index contributed by atoms with van der Waals surface area (Å²) < 4.78 is 0. The molecule has 1 amide bonds. The summed E-state index contributed by atoms with van der Waals surface area (Å²) >= 11 is 0. The third kappa shape index (κ3) is 4.59. The number of rotatable bonds is 6. The van der Waals surface area contributed by atoms with Gasteiger partial charge in [0.05, 0.1) is 17.1 Å². The summed E-state index contributed by atoms with van der Waals surface area (Å²) in [6.07, 6.45) is 2.41. The summed E-state index contributed by atoms with van der Waals surface area (Å²) in [5.41, 5.74) is 15.8. The predicted molar refractivity (Wildman–Crippen MR) is 130 cm³/mol. The lowest BCUT2D eigenvalue weighted by atomic mass is 9.97. The predicted octanol–water partition coefficient (Wildman–Crippen LogP) is 3.46. The first-order valence-electron chi connectivity index (χ1n) is 10.9. The Morgan fingerprint density at radius 1 is 1.15 bits per heavy atom. The smallest absolute Gasteiger partial charge is 0.225 e. The number of phenols is 1. The Morgan fingerprint density at radius 3 is 2.61 bits per heavy atom. The number of phenolic OH excluding ortho intramolecular Hbond substituents is 1. The number of anilines is 3. The molecule has 0 radical (unpaired) electrons. The Hall–Kier alpha value is -4.09. The van der Waals surface area contributed by atoms with Crippen molar-refractivity contribution in [2.75, 3.05) is 35.6 Å². The van der Waals surface area contributed by atoms with Crippen LogP contribution >= 0.6 is 0 Å². The number of pyridine rings is 1. The number of hydrogen-bond acceptors (Lipinski definition) is 7. The minimum absolute atomic E-state index is 0.0687. The molecule has 1 aliphatic heterocycles. The lowest BCUT2D eigenvalue weighted by Gasteiger charge is -2.23. The van der Waals surface area contributed by atoms with Crippen molar-refractivity contribution in [2.45, 2.75) is 19.3 Å². The molecule has 4 rings (SSSR count). The highest BCUT2D eigenvalue weighted by molar-refractivity contribution is 5.96. The molecule has 2 heterocycles. The maximum atomic E-state index is 12.4. The topological polar surface area (TPSA) is 141 Å². The molecule has 168 valence electrons. The van der Waals surface area contributed by atoms with E-state index in [4.69, 9.17) is 11.5 Å². The summed E-state index contributed by atoms with van der Waals surface area (Å²) in [5.74, 6) is -0.0236. The van der Waals surface area contributed by atoms with Gasteiger partial charge in [0.15, 0.2) is 0 Å². The van der Waals surface area contributed by atoms with Crippen LogP contribution in [0.2, 0.25) is 0 Å². The molecule has 2 aromatic carbocycles. The molecule has 0 spiro atoms. The highest BCUT2D eigenvalue weighted by Gasteiger charge is 2.20. The van der Waals surface area contributed by atoms with Crippen molar-refractivity contribution in [2.24, 2.45) is 5.73 Å². The number of carbonyl (C=O) groups is 1. The largest absolute Gasteiger partial charge is 0.507 e. The van der Waals surface area contributed by atoms with E-state index in [0.29, 0.717) is 28.1 Å². The number of nitrogens with two attached hydrogens (primary N) is 2. The second-order valence-electron chi connectivity index (χ2n) is 7.96. The van der Waals surface area contributed by atoms with Gasteiger partial charge in [-0.15, -0.1) is 0 Å². The quantitative estimate of drug-likeness (QED) is 0.458. The van der Waals surface area contributed by atoms with Crippen molar-refractivity contribution in [1.82, 2.24) is 4.98 Å². The summed E-state index contributed by atoms with van der Waals surface area (Å²) in [6.45, 7) is 2.10. The van der Waals surface area contributed by atoms with Gasteiger partial charge in [-0.3, -0.25) is 4.79 Å². The Bertz CT molecular complexity index is 1230. The lowest BCUT2D eigenvalue weighted by molar-refractivity contribution is -0.116. The van der Waals surface area contributed by atoms with Crippen LogP contribution in [-0.4, -0.2) is 35.6 Å². The number of hydrogen-bond donors (Lipinski definition) is 4. The normalized spacial score (nSPS) is 13.0. The Labute approximate surface area is 192 Å². The number of nitrogens with zero attached hydrogens (tertiary/aromatic N) is 3. The van der Waals surface area contributed by atoms with Gasteiger partial charge in [0.25, 0.3) is 0 Å². The maximum Gasteiger partial charge on any atom is 0.225 e. The third-order valence-electron chi connectivity index (χ3n) is 5.74. The van der Waals surface area contributed by atoms with E-state index in [2.05, 4.69) is 21.3 Å². The first-order chi connectivity index (χ1) is 16.0. The average molecular weight is 443 g/mol. The van der Waals surface area contributed by atoms with Gasteiger partial charge in [-0.2, -0.15) is 5.26 Å². The van der Waals surface area contributed by atoms with E-state index in [1.807, 2.05) is 18.2 Å². The zero-order valence-corrected chi connectivity index (χ0v) is 18.2. The molecule has 8 nitrogen and oxygen atoms in total. The molecule has 1 fully saturated rings. The van der Waals surface area contributed by atoms with Crippen LogP contribution < -0.4 is 21.7 Å². The molecule has 3 aromatic rings. The summed E-state index contributed by atoms with van der Waals surface area (Å²) in [5, 5.41) is 23.0. The van der Waals surface area contributed by atoms with Crippen LogP contribution in [0, 0.1) is 11.3 Å². The molecule has 0 atom stereocenters. The molecule has 6 N–H and O–H groups in total. The number of aromatic hydroxyl groups is 1. The van der Waals surface area contributed by atoms with E-state index in [1.165, 1.54) is 0 Å². The highest BCUT2D eigenvalue weighted by atomic mass is 16.3. The second kappa shape index (κ2) is 9.59. The fourth-order valence-corrected chi connectivity index (χ4v) is 4.12. The average Bonchev–Trinajstić information content (AvgIpc) is 3.33. The molecule has 0 bridgehead atoms. The first kappa shape index (κ1) is 22.1. The van der Waals surface area contributed by atoms with Crippen LogP contribution in [0.1, 0.15) is 24.8 Å². The number of nitriles is 1. The van der Waals surface area contributed by atoms with Crippen molar-refractivity contribution < 1.29 is 9.90 Å². The van der Waals surface area contributed by atoms with Gasteiger partial charge in [-0.25, -0.2) is 4.98 Å². The van der Waals surface area contributed by atoms with Gasteiger partial charge >= 0.3 is 0 Å². The van der Waals surface area contributed by atoms with Gasteiger partial charge in [0.1, 0.15) is 23.2 Å². The standard InChI is InChI=1S/C25H26N6O2/c26-10-9-24(33)29-21-13-16(7-8-22(21)31-11-3-4-12-31)18-14-20(30-25(28)19(18)15-27)17-5-1-2-6-23(17)32/h1-2,5-8,13-14,32H,3-4,9-12,26H2,(H2,28,30)(H,29,33). The fraction of sp³-hybridized carbons (Fsp3) is 0.240. The SMILES string of the molecule is N#Cc1c(-c2ccc(N3CCCC3)c(NC(=O)CCN)c2)cc(-c2ccccc2O)nc1N. The zero-order valence-electron chi connectivity index (χ0n) is 18.2. The van der Waals surface area contributed by atoms with Crippen LogP contribution in [-0.2, 0) is 4.79 Å². The number of aromatic nitrogens is 1. The van der Waals surface area contributed by atoms with Gasteiger partial charge in [0, 0.05) is 37.2 Å². The summed E-state index contributed by atoms with van der Waals surface area (Å²) in [7, 11) is 0. The van der Waals surface area contributed by atoms with Crippen LogP contribution in [0.5, 0.6) is 5.75 Å². The van der Waals surface area contributed by atoms with Crippen molar-refractivity contribution in [3.8, 4) is 34.2 Å². The van der Waals surface area contributed by atoms with E-state index in [9.17, 15) is 15.2 Å². The molecule has 0 unspecified atom stereocenters. The monoisotopic (exact) mass is 442 g/mol. The first-order valence-corrected chi connectivity index (χ1v) is 10.9. The van der Waals surface area contributed by atoms with E-state index >= 15 is 0 Å². The third-order valence-corrected chi connectivity index (χ3v) is 5.74. The molecular weight excluding hydrogens is 416 g/mol. The Morgan fingerprint density at radius 2 is 1.91 bits per heavy atom. The van der Waals surface area contributed by atoms with Crippen LogP contribution in [0.15, 0.2) is 48.5 Å². The van der Waals surface area contributed by atoms with E-state index in [0.717, 1.165) is 31.6 Å². The molecule has 0 aliphatic carbocycles. The van der Waals surface area contributed by atoms with E-state index in [1.54, 1.807) is 30.3 Å².